The van der Waals surface area contributed by atoms with Gasteiger partial charge in [0.05, 0.1) is 6.10 Å². The molecule has 3 unspecified atom stereocenters. The maximum atomic E-state index is 12.3. The fourth-order valence-corrected chi connectivity index (χ4v) is 3.51. The third-order valence-electron chi connectivity index (χ3n) is 5.21. The van der Waals surface area contributed by atoms with E-state index in [1.54, 1.807) is 4.90 Å². The molecule has 1 saturated heterocycles. The Morgan fingerprint density at radius 1 is 1.39 bits per heavy atom. The predicted octanol–water partition coefficient (Wildman–Crippen LogP) is 1.85. The van der Waals surface area contributed by atoms with E-state index in [1.807, 2.05) is 6.92 Å². The summed E-state index contributed by atoms with van der Waals surface area (Å²) in [5.41, 5.74) is 2.68. The van der Waals surface area contributed by atoms with Crippen LogP contribution in [0.4, 0.5) is 10.5 Å². The SMILES string of the molecule is CC1CCN(C(=O)NCC(C)N2CCc3ccccc32)CC1O. The zero-order valence-corrected chi connectivity index (χ0v) is 14.0. The molecule has 2 amide bonds. The molecule has 3 rings (SSSR count). The largest absolute Gasteiger partial charge is 0.391 e. The van der Waals surface area contributed by atoms with Crippen molar-refractivity contribution in [3.05, 3.63) is 29.8 Å². The van der Waals surface area contributed by atoms with Gasteiger partial charge in [0.25, 0.3) is 0 Å². The van der Waals surface area contributed by atoms with Gasteiger partial charge < -0.3 is 20.2 Å². The smallest absolute Gasteiger partial charge is 0.317 e. The first-order valence-corrected chi connectivity index (χ1v) is 8.61. The lowest BCUT2D eigenvalue weighted by molar-refractivity contribution is 0.0435. The number of nitrogens with one attached hydrogen (secondary N) is 1. The predicted molar refractivity (Wildman–Crippen MR) is 91.7 cm³/mol. The van der Waals surface area contributed by atoms with Crippen molar-refractivity contribution in [2.75, 3.05) is 31.1 Å². The summed E-state index contributed by atoms with van der Waals surface area (Å²) >= 11 is 0. The lowest BCUT2D eigenvalue weighted by Gasteiger charge is -2.35. The van der Waals surface area contributed by atoms with E-state index in [1.165, 1.54) is 11.3 Å². The first-order valence-electron chi connectivity index (χ1n) is 8.61. The number of carbonyl (C=O) groups excluding carboxylic acids is 1. The second kappa shape index (κ2) is 6.79. The molecule has 5 heteroatoms. The highest BCUT2D eigenvalue weighted by atomic mass is 16.3. The molecular weight excluding hydrogens is 290 g/mol. The number of piperidine rings is 1. The van der Waals surface area contributed by atoms with Gasteiger partial charge in [0, 0.05) is 37.9 Å². The van der Waals surface area contributed by atoms with Crippen LogP contribution in [-0.4, -0.2) is 54.4 Å². The Labute approximate surface area is 138 Å². The van der Waals surface area contributed by atoms with Gasteiger partial charge in [0.2, 0.25) is 0 Å². The van der Waals surface area contributed by atoms with Gasteiger partial charge >= 0.3 is 6.03 Å². The maximum absolute atomic E-state index is 12.3. The van der Waals surface area contributed by atoms with E-state index in [0.717, 1.165) is 25.9 Å². The number of fused-ring (bicyclic) bond motifs is 1. The number of nitrogens with zero attached hydrogens (tertiary/aromatic N) is 2. The van der Waals surface area contributed by atoms with E-state index < -0.39 is 6.10 Å². The summed E-state index contributed by atoms with van der Waals surface area (Å²) < 4.78 is 0. The lowest BCUT2D eigenvalue weighted by Crippen LogP contribution is -2.51. The first kappa shape index (κ1) is 16.1. The summed E-state index contributed by atoms with van der Waals surface area (Å²) in [4.78, 5) is 16.4. The van der Waals surface area contributed by atoms with Gasteiger partial charge in [-0.3, -0.25) is 0 Å². The van der Waals surface area contributed by atoms with Crippen LogP contribution in [0.3, 0.4) is 0 Å². The molecule has 0 aliphatic carbocycles. The standard InChI is InChI=1S/C18H27N3O2/c1-13-7-9-20(12-17(13)22)18(23)19-11-14(2)21-10-8-15-5-3-4-6-16(15)21/h3-6,13-14,17,22H,7-12H2,1-2H3,(H,19,23). The molecule has 3 atom stereocenters. The second-order valence-electron chi connectivity index (χ2n) is 6.89. The van der Waals surface area contributed by atoms with Crippen LogP contribution < -0.4 is 10.2 Å². The van der Waals surface area contributed by atoms with Crippen LogP contribution in [0.25, 0.3) is 0 Å². The van der Waals surface area contributed by atoms with Crippen LogP contribution in [0.15, 0.2) is 24.3 Å². The zero-order chi connectivity index (χ0) is 16.4. The van der Waals surface area contributed by atoms with Gasteiger partial charge in [0.15, 0.2) is 0 Å². The minimum atomic E-state index is -0.405. The van der Waals surface area contributed by atoms with E-state index in [4.69, 9.17) is 0 Å². The third kappa shape index (κ3) is 3.44. The molecular formula is C18H27N3O2. The summed E-state index contributed by atoms with van der Waals surface area (Å²) in [6.45, 7) is 6.98. The van der Waals surface area contributed by atoms with E-state index in [9.17, 15) is 9.90 Å². The number of hydrogen-bond acceptors (Lipinski definition) is 3. The first-order chi connectivity index (χ1) is 11.1. The number of amides is 2. The van der Waals surface area contributed by atoms with Gasteiger partial charge in [-0.2, -0.15) is 0 Å². The number of aliphatic hydroxyl groups excluding tert-OH is 1. The molecule has 2 aliphatic rings. The topological polar surface area (TPSA) is 55.8 Å². The van der Waals surface area contributed by atoms with E-state index in [-0.39, 0.29) is 18.0 Å². The van der Waals surface area contributed by atoms with E-state index in [0.29, 0.717) is 13.1 Å². The lowest BCUT2D eigenvalue weighted by atomic mass is 9.96. The highest BCUT2D eigenvalue weighted by Gasteiger charge is 2.28. The summed E-state index contributed by atoms with van der Waals surface area (Å²) in [6.07, 6.45) is 1.53. The molecule has 1 fully saturated rings. The molecule has 2 aliphatic heterocycles. The van der Waals surface area contributed by atoms with Gasteiger partial charge in [-0.05, 0) is 37.3 Å². The molecule has 5 nitrogen and oxygen atoms in total. The Hall–Kier alpha value is -1.75. The summed E-state index contributed by atoms with van der Waals surface area (Å²) in [7, 11) is 0. The minimum Gasteiger partial charge on any atom is -0.391 e. The number of urea groups is 1. The van der Waals surface area contributed by atoms with Crippen molar-refractivity contribution in [3.63, 3.8) is 0 Å². The molecule has 2 heterocycles. The molecule has 0 saturated carbocycles. The quantitative estimate of drug-likeness (QED) is 0.894. The highest BCUT2D eigenvalue weighted by molar-refractivity contribution is 5.74. The van der Waals surface area contributed by atoms with Crippen LogP contribution in [-0.2, 0) is 6.42 Å². The molecule has 0 spiro atoms. The highest BCUT2D eigenvalue weighted by Crippen LogP contribution is 2.28. The monoisotopic (exact) mass is 317 g/mol. The number of carbonyl (C=O) groups is 1. The molecule has 0 bridgehead atoms. The molecule has 126 valence electrons. The number of benzene rings is 1. The second-order valence-corrected chi connectivity index (χ2v) is 6.89. The Balaban J connectivity index is 1.52. The Kier molecular flexibility index (Phi) is 4.76. The van der Waals surface area contributed by atoms with Crippen molar-refractivity contribution in [3.8, 4) is 0 Å². The number of likely N-dealkylation sites (tertiary alicyclic amines) is 1. The fourth-order valence-electron chi connectivity index (χ4n) is 3.51. The molecule has 23 heavy (non-hydrogen) atoms. The molecule has 0 radical (unpaired) electrons. The Morgan fingerprint density at radius 2 is 2.17 bits per heavy atom. The molecule has 2 N–H and O–H groups in total. The average Bonchev–Trinajstić information content (AvgIpc) is 2.99. The fraction of sp³-hybridized carbons (Fsp3) is 0.611. The van der Waals surface area contributed by atoms with Gasteiger partial charge in [0.1, 0.15) is 0 Å². The van der Waals surface area contributed by atoms with Crippen LogP contribution in [0.1, 0.15) is 25.8 Å². The molecule has 0 aromatic heterocycles. The van der Waals surface area contributed by atoms with E-state index >= 15 is 0 Å². The van der Waals surface area contributed by atoms with Crippen molar-refractivity contribution in [1.29, 1.82) is 0 Å². The zero-order valence-electron chi connectivity index (χ0n) is 14.0. The molecule has 1 aromatic rings. The van der Waals surface area contributed by atoms with Crippen LogP contribution >= 0.6 is 0 Å². The van der Waals surface area contributed by atoms with Crippen molar-refractivity contribution < 1.29 is 9.90 Å². The molecule has 1 aromatic carbocycles. The number of β-amino-alcohol motifs (C(OH)–C–C–N with tert-alkyl or cyclic N) is 1. The van der Waals surface area contributed by atoms with Gasteiger partial charge in [-0.15, -0.1) is 0 Å². The van der Waals surface area contributed by atoms with Crippen LogP contribution in [0, 0.1) is 5.92 Å². The van der Waals surface area contributed by atoms with Crippen molar-refractivity contribution in [1.82, 2.24) is 10.2 Å². The van der Waals surface area contributed by atoms with Gasteiger partial charge in [-0.1, -0.05) is 25.1 Å². The van der Waals surface area contributed by atoms with Gasteiger partial charge in [-0.25, -0.2) is 4.79 Å². The summed E-state index contributed by atoms with van der Waals surface area (Å²) in [5.74, 6) is 0.277. The van der Waals surface area contributed by atoms with Crippen molar-refractivity contribution >= 4 is 11.7 Å². The average molecular weight is 317 g/mol. The maximum Gasteiger partial charge on any atom is 0.317 e. The van der Waals surface area contributed by atoms with Crippen LogP contribution in [0.5, 0.6) is 0 Å². The third-order valence-corrected chi connectivity index (χ3v) is 5.21. The number of anilines is 1. The summed E-state index contributed by atoms with van der Waals surface area (Å²) in [6, 6.07) is 8.68. The Bertz CT molecular complexity index is 563. The van der Waals surface area contributed by atoms with Crippen molar-refractivity contribution in [2.24, 2.45) is 5.92 Å². The van der Waals surface area contributed by atoms with Crippen molar-refractivity contribution in [2.45, 2.75) is 38.8 Å². The Morgan fingerprint density at radius 3 is 2.96 bits per heavy atom. The number of hydrogen-bond donors (Lipinski definition) is 2. The van der Waals surface area contributed by atoms with Crippen LogP contribution in [0.2, 0.25) is 0 Å². The normalized spacial score (nSPS) is 25.2. The van der Waals surface area contributed by atoms with E-state index in [2.05, 4.69) is 41.4 Å². The number of rotatable bonds is 3. The number of para-hydroxylation sites is 1. The minimum absolute atomic E-state index is 0.0599. The summed E-state index contributed by atoms with van der Waals surface area (Å²) in [5, 5.41) is 13.0. The number of aliphatic hydroxyl groups is 1.